The molecule has 3 aromatic heterocycles. The number of hydrogen-bond donors (Lipinski definition) is 1. The standard InChI is InChI=1S/C21H16ClF6N7O3/c1-9-7-38-18(37)34(9)15-4-10(3-12(31-15)20(23,24)25)30-17(36)33-8-19(2,21(26,27)28)16-11(33)6-29-14-5-13(22)32-35(14)16/h3-6,9H,7-8H2,1-2H3,(H,30,31,36)/t9-,19+/m0/s1. The van der Waals surface area contributed by atoms with E-state index in [2.05, 4.69) is 20.4 Å². The third-order valence-corrected chi connectivity index (χ3v) is 6.46. The van der Waals surface area contributed by atoms with Crippen molar-refractivity contribution in [3.8, 4) is 0 Å². The van der Waals surface area contributed by atoms with Gasteiger partial charge in [-0.3, -0.25) is 9.80 Å². The number of ether oxygens (including phenoxy) is 1. The Balaban J connectivity index is 1.56. The molecule has 1 fully saturated rings. The lowest BCUT2D eigenvalue weighted by Crippen LogP contribution is -2.46. The number of cyclic esters (lactones) is 1. The van der Waals surface area contributed by atoms with Gasteiger partial charge < -0.3 is 10.1 Å². The fourth-order valence-electron chi connectivity index (χ4n) is 4.38. The molecule has 3 aromatic rings. The van der Waals surface area contributed by atoms with Gasteiger partial charge in [-0.1, -0.05) is 11.6 Å². The van der Waals surface area contributed by atoms with Crippen molar-refractivity contribution in [2.45, 2.75) is 37.7 Å². The number of urea groups is 1. The maximum atomic E-state index is 14.3. The predicted octanol–water partition coefficient (Wildman–Crippen LogP) is 5.01. The first kappa shape index (κ1) is 25.8. The van der Waals surface area contributed by atoms with E-state index in [1.165, 1.54) is 13.0 Å². The van der Waals surface area contributed by atoms with E-state index in [-0.39, 0.29) is 23.1 Å². The summed E-state index contributed by atoms with van der Waals surface area (Å²) in [6.07, 6.45) is -9.74. The molecular formula is C21H16ClF6N7O3. The first-order valence-electron chi connectivity index (χ1n) is 10.9. The van der Waals surface area contributed by atoms with Crippen LogP contribution in [0.5, 0.6) is 0 Å². The summed E-state index contributed by atoms with van der Waals surface area (Å²) in [6.45, 7) is 1.35. The van der Waals surface area contributed by atoms with E-state index in [1.807, 2.05) is 0 Å². The number of alkyl halides is 6. The molecule has 17 heteroatoms. The summed E-state index contributed by atoms with van der Waals surface area (Å²) in [4.78, 5) is 34.3. The van der Waals surface area contributed by atoms with Crippen LogP contribution in [-0.2, 0) is 16.3 Å². The van der Waals surface area contributed by atoms with Crippen molar-refractivity contribution in [1.82, 2.24) is 19.6 Å². The highest BCUT2D eigenvalue weighted by Gasteiger charge is 2.60. The molecule has 5 rings (SSSR count). The zero-order valence-electron chi connectivity index (χ0n) is 19.4. The predicted molar refractivity (Wildman–Crippen MR) is 120 cm³/mol. The molecule has 2 aliphatic heterocycles. The van der Waals surface area contributed by atoms with Crippen molar-refractivity contribution < 1.29 is 40.7 Å². The number of nitrogens with zero attached hydrogens (tertiary/aromatic N) is 6. The Hall–Kier alpha value is -3.82. The number of fused-ring (bicyclic) bond motifs is 3. The molecule has 0 unspecified atom stereocenters. The van der Waals surface area contributed by atoms with Crippen molar-refractivity contribution in [2.75, 3.05) is 28.3 Å². The highest BCUT2D eigenvalue weighted by molar-refractivity contribution is 6.29. The minimum Gasteiger partial charge on any atom is -0.447 e. The van der Waals surface area contributed by atoms with Crippen molar-refractivity contribution in [3.63, 3.8) is 0 Å². The summed E-state index contributed by atoms with van der Waals surface area (Å²) < 4.78 is 89.2. The van der Waals surface area contributed by atoms with Crippen LogP contribution in [0.15, 0.2) is 24.4 Å². The highest BCUT2D eigenvalue weighted by atomic mass is 35.5. The smallest absolute Gasteiger partial charge is 0.433 e. The molecule has 38 heavy (non-hydrogen) atoms. The van der Waals surface area contributed by atoms with Gasteiger partial charge in [0.1, 0.15) is 23.5 Å². The zero-order chi connectivity index (χ0) is 27.8. The van der Waals surface area contributed by atoms with Crippen LogP contribution < -0.4 is 15.1 Å². The second kappa shape index (κ2) is 8.34. The van der Waals surface area contributed by atoms with Gasteiger partial charge in [0.15, 0.2) is 10.8 Å². The molecule has 5 heterocycles. The van der Waals surface area contributed by atoms with Gasteiger partial charge in [0, 0.05) is 24.4 Å². The number of rotatable bonds is 2. The van der Waals surface area contributed by atoms with Crippen molar-refractivity contribution in [2.24, 2.45) is 0 Å². The number of anilines is 3. The van der Waals surface area contributed by atoms with Gasteiger partial charge in [0.2, 0.25) is 0 Å². The Morgan fingerprint density at radius 2 is 1.92 bits per heavy atom. The van der Waals surface area contributed by atoms with Crippen LogP contribution in [0.25, 0.3) is 5.65 Å². The third-order valence-electron chi connectivity index (χ3n) is 6.28. The van der Waals surface area contributed by atoms with Gasteiger partial charge in [0.05, 0.1) is 23.6 Å². The third kappa shape index (κ3) is 4.02. The van der Waals surface area contributed by atoms with Crippen LogP contribution >= 0.6 is 11.6 Å². The summed E-state index contributed by atoms with van der Waals surface area (Å²) in [7, 11) is 0. The molecule has 0 saturated carbocycles. The molecule has 0 aliphatic carbocycles. The zero-order valence-corrected chi connectivity index (χ0v) is 20.1. The largest absolute Gasteiger partial charge is 0.447 e. The van der Waals surface area contributed by atoms with Gasteiger partial charge in [-0.2, -0.15) is 31.4 Å². The molecule has 10 nitrogen and oxygen atoms in total. The Labute approximate surface area is 214 Å². The average Bonchev–Trinajstić information content (AvgIpc) is 3.45. The van der Waals surface area contributed by atoms with Crippen LogP contribution in [0.3, 0.4) is 0 Å². The summed E-state index contributed by atoms with van der Waals surface area (Å²) in [5.74, 6) is -0.457. The number of hydrogen-bond acceptors (Lipinski definition) is 6. The summed E-state index contributed by atoms with van der Waals surface area (Å²) in [5.41, 5.74) is -5.20. The molecule has 2 aliphatic rings. The van der Waals surface area contributed by atoms with E-state index in [4.69, 9.17) is 16.3 Å². The van der Waals surface area contributed by atoms with E-state index < -0.39 is 65.4 Å². The minimum atomic E-state index is -4.97. The molecule has 202 valence electrons. The average molecular weight is 564 g/mol. The number of halogens is 7. The van der Waals surface area contributed by atoms with Crippen LogP contribution in [0.1, 0.15) is 25.2 Å². The number of carbonyl (C=O) groups is 2. The molecule has 0 radical (unpaired) electrons. The maximum absolute atomic E-state index is 14.3. The maximum Gasteiger partial charge on any atom is 0.433 e. The van der Waals surface area contributed by atoms with Gasteiger partial charge in [-0.15, -0.1) is 0 Å². The lowest BCUT2D eigenvalue weighted by Gasteiger charge is -2.28. The number of pyridine rings is 1. The molecular weight excluding hydrogens is 548 g/mol. The SMILES string of the molecule is C[C@H]1COC(=O)N1c1cc(NC(=O)N2C[C@@](C)(C(F)(F)F)c3c2cnc2cc(Cl)nn32)cc(C(F)(F)F)n1. The quantitative estimate of drug-likeness (QED) is 0.439. The van der Waals surface area contributed by atoms with E-state index in [0.29, 0.717) is 11.0 Å². The molecule has 0 bridgehead atoms. The van der Waals surface area contributed by atoms with Gasteiger partial charge in [-0.25, -0.2) is 24.1 Å². The lowest BCUT2D eigenvalue weighted by molar-refractivity contribution is -0.181. The molecule has 2 atom stereocenters. The molecule has 3 amide bonds. The second-order valence-electron chi connectivity index (χ2n) is 8.97. The Morgan fingerprint density at radius 3 is 2.53 bits per heavy atom. The van der Waals surface area contributed by atoms with Gasteiger partial charge >= 0.3 is 24.5 Å². The highest BCUT2D eigenvalue weighted by Crippen LogP contribution is 2.50. The topological polar surface area (TPSA) is 105 Å². The molecule has 1 saturated heterocycles. The van der Waals surface area contributed by atoms with Crippen molar-refractivity contribution in [3.05, 3.63) is 40.9 Å². The molecule has 0 spiro atoms. The summed E-state index contributed by atoms with van der Waals surface area (Å²) >= 11 is 5.86. The van der Waals surface area contributed by atoms with Crippen molar-refractivity contribution >= 4 is 46.6 Å². The number of nitrogens with one attached hydrogen (secondary N) is 1. The van der Waals surface area contributed by atoms with E-state index >= 15 is 0 Å². The van der Waals surface area contributed by atoms with Crippen LogP contribution in [0.4, 0.5) is 53.1 Å². The Bertz CT molecular complexity index is 1480. The summed E-state index contributed by atoms with van der Waals surface area (Å²) in [5, 5.41) is 5.92. The van der Waals surface area contributed by atoms with Gasteiger partial charge in [-0.05, 0) is 19.9 Å². The van der Waals surface area contributed by atoms with E-state index in [9.17, 15) is 35.9 Å². The van der Waals surface area contributed by atoms with Crippen LogP contribution in [0.2, 0.25) is 5.15 Å². The first-order valence-corrected chi connectivity index (χ1v) is 11.2. The number of carbonyl (C=O) groups excluding carboxylic acids is 2. The Morgan fingerprint density at radius 1 is 1.21 bits per heavy atom. The van der Waals surface area contributed by atoms with E-state index in [0.717, 1.165) is 28.6 Å². The first-order chi connectivity index (χ1) is 17.6. The Kier molecular flexibility index (Phi) is 5.67. The van der Waals surface area contributed by atoms with E-state index in [1.54, 1.807) is 0 Å². The summed E-state index contributed by atoms with van der Waals surface area (Å²) in [6, 6.07) is 0.894. The minimum absolute atomic E-state index is 0.00620. The van der Waals surface area contributed by atoms with Crippen LogP contribution in [-0.4, -0.2) is 57.1 Å². The monoisotopic (exact) mass is 563 g/mol. The molecule has 1 N–H and O–H groups in total. The number of aromatic nitrogens is 4. The second-order valence-corrected chi connectivity index (χ2v) is 9.36. The van der Waals surface area contributed by atoms with Crippen molar-refractivity contribution in [1.29, 1.82) is 0 Å². The number of amides is 3. The molecule has 0 aromatic carbocycles. The fourth-order valence-corrected chi connectivity index (χ4v) is 4.55. The fraction of sp³-hybridized carbons (Fsp3) is 0.381. The van der Waals surface area contributed by atoms with Gasteiger partial charge in [0.25, 0.3) is 0 Å². The lowest BCUT2D eigenvalue weighted by atomic mass is 9.88. The van der Waals surface area contributed by atoms with Crippen LogP contribution in [0, 0.1) is 0 Å². The normalized spacial score (nSPS) is 21.7.